The molecule has 112 valence electrons. The minimum atomic E-state index is -0.398. The Morgan fingerprint density at radius 2 is 2.19 bits per heavy atom. The molecule has 1 N–H and O–H groups in total. The van der Waals surface area contributed by atoms with Crippen LogP contribution in [0.3, 0.4) is 0 Å². The molecule has 0 aliphatic heterocycles. The third-order valence-corrected chi connectivity index (χ3v) is 3.49. The van der Waals surface area contributed by atoms with Crippen molar-refractivity contribution in [3.05, 3.63) is 58.6 Å². The minimum absolute atomic E-state index is 0.222. The van der Waals surface area contributed by atoms with Gasteiger partial charge >= 0.3 is 0 Å². The summed E-state index contributed by atoms with van der Waals surface area (Å²) < 4.78 is 18.9. The third-order valence-electron chi connectivity index (χ3n) is 3.17. The maximum Gasteiger partial charge on any atom is 0.165 e. The lowest BCUT2D eigenvalue weighted by atomic mass is 10.0. The molecule has 1 unspecified atom stereocenters. The molecule has 1 atom stereocenters. The normalized spacial score (nSPS) is 12.2. The van der Waals surface area contributed by atoms with Crippen molar-refractivity contribution in [1.29, 1.82) is 0 Å². The SMILES string of the molecule is CCCNC(c1ccc(OC)c(F)c1)c1ncccc1Cl. The summed E-state index contributed by atoms with van der Waals surface area (Å²) in [5, 5.41) is 3.91. The number of halogens is 2. The summed E-state index contributed by atoms with van der Waals surface area (Å²) in [6.45, 7) is 2.85. The van der Waals surface area contributed by atoms with E-state index in [1.807, 2.05) is 6.07 Å². The second-order valence-corrected chi connectivity index (χ2v) is 5.06. The van der Waals surface area contributed by atoms with Crippen molar-refractivity contribution in [2.24, 2.45) is 0 Å². The average molecular weight is 309 g/mol. The number of methoxy groups -OCH3 is 1. The zero-order valence-electron chi connectivity index (χ0n) is 12.1. The van der Waals surface area contributed by atoms with Gasteiger partial charge in [0, 0.05) is 6.20 Å². The molecule has 1 heterocycles. The van der Waals surface area contributed by atoms with Crippen molar-refractivity contribution in [1.82, 2.24) is 10.3 Å². The first-order valence-electron chi connectivity index (χ1n) is 6.84. The van der Waals surface area contributed by atoms with Crippen LogP contribution in [-0.4, -0.2) is 18.6 Å². The van der Waals surface area contributed by atoms with Gasteiger partial charge in [0.2, 0.25) is 0 Å². The minimum Gasteiger partial charge on any atom is -0.494 e. The molecule has 0 saturated carbocycles. The highest BCUT2D eigenvalue weighted by atomic mass is 35.5. The first-order chi connectivity index (χ1) is 10.2. The van der Waals surface area contributed by atoms with E-state index in [9.17, 15) is 4.39 Å². The second kappa shape index (κ2) is 7.38. The molecule has 0 saturated heterocycles. The van der Waals surface area contributed by atoms with Gasteiger partial charge < -0.3 is 10.1 Å². The lowest BCUT2D eigenvalue weighted by Crippen LogP contribution is -2.24. The van der Waals surface area contributed by atoms with E-state index in [1.54, 1.807) is 24.4 Å². The quantitative estimate of drug-likeness (QED) is 0.876. The van der Waals surface area contributed by atoms with E-state index in [0.717, 1.165) is 18.5 Å². The number of benzene rings is 1. The van der Waals surface area contributed by atoms with Crippen molar-refractivity contribution in [3.8, 4) is 5.75 Å². The highest BCUT2D eigenvalue weighted by molar-refractivity contribution is 6.31. The van der Waals surface area contributed by atoms with Crippen LogP contribution in [0.1, 0.15) is 30.6 Å². The number of rotatable bonds is 6. The summed E-state index contributed by atoms with van der Waals surface area (Å²) in [5.41, 5.74) is 1.46. The van der Waals surface area contributed by atoms with Crippen LogP contribution in [0.25, 0.3) is 0 Å². The Labute approximate surface area is 129 Å². The molecule has 0 fully saturated rings. The number of hydrogen-bond acceptors (Lipinski definition) is 3. The van der Waals surface area contributed by atoms with Gasteiger partial charge in [-0.25, -0.2) is 4.39 Å². The summed E-state index contributed by atoms with van der Waals surface area (Å²) in [6.07, 6.45) is 2.64. The molecule has 1 aromatic carbocycles. The zero-order valence-corrected chi connectivity index (χ0v) is 12.8. The predicted octanol–water partition coefficient (Wildman–Crippen LogP) is 3.97. The molecule has 0 aliphatic carbocycles. The van der Waals surface area contributed by atoms with Crippen molar-refractivity contribution < 1.29 is 9.13 Å². The average Bonchev–Trinajstić information content (AvgIpc) is 2.49. The van der Waals surface area contributed by atoms with Crippen LogP contribution in [0.5, 0.6) is 5.75 Å². The van der Waals surface area contributed by atoms with Crippen molar-refractivity contribution in [2.45, 2.75) is 19.4 Å². The number of hydrogen-bond donors (Lipinski definition) is 1. The third kappa shape index (κ3) is 3.71. The Balaban J connectivity index is 2.40. The number of ether oxygens (including phenoxy) is 1. The van der Waals surface area contributed by atoms with E-state index in [1.165, 1.54) is 13.2 Å². The van der Waals surface area contributed by atoms with Crippen LogP contribution in [0.2, 0.25) is 5.02 Å². The number of pyridine rings is 1. The van der Waals surface area contributed by atoms with E-state index in [4.69, 9.17) is 16.3 Å². The Morgan fingerprint density at radius 1 is 1.38 bits per heavy atom. The Hall–Kier alpha value is -1.65. The summed E-state index contributed by atoms with van der Waals surface area (Å²) >= 11 is 6.23. The number of nitrogens with one attached hydrogen (secondary N) is 1. The van der Waals surface area contributed by atoms with E-state index >= 15 is 0 Å². The molecular weight excluding hydrogens is 291 g/mol. The van der Waals surface area contributed by atoms with Crippen molar-refractivity contribution >= 4 is 11.6 Å². The molecule has 2 rings (SSSR count). The van der Waals surface area contributed by atoms with Crippen LogP contribution in [-0.2, 0) is 0 Å². The molecular formula is C16H18ClFN2O. The Bertz CT molecular complexity index is 607. The second-order valence-electron chi connectivity index (χ2n) is 4.65. The topological polar surface area (TPSA) is 34.1 Å². The van der Waals surface area contributed by atoms with Crippen LogP contribution >= 0.6 is 11.6 Å². The number of nitrogens with zero attached hydrogens (tertiary/aromatic N) is 1. The van der Waals surface area contributed by atoms with Gasteiger partial charge in [-0.05, 0) is 42.8 Å². The molecule has 5 heteroatoms. The molecule has 0 aliphatic rings. The zero-order chi connectivity index (χ0) is 15.2. The molecule has 1 aromatic heterocycles. The summed E-state index contributed by atoms with van der Waals surface area (Å²) in [6, 6.07) is 8.19. The van der Waals surface area contributed by atoms with E-state index in [-0.39, 0.29) is 11.8 Å². The van der Waals surface area contributed by atoms with Gasteiger partial charge in [0.05, 0.1) is 23.9 Å². The first kappa shape index (κ1) is 15.7. The highest BCUT2D eigenvalue weighted by Gasteiger charge is 2.19. The van der Waals surface area contributed by atoms with Crippen LogP contribution < -0.4 is 10.1 Å². The maximum atomic E-state index is 13.9. The van der Waals surface area contributed by atoms with Crippen molar-refractivity contribution in [3.63, 3.8) is 0 Å². The molecule has 0 bridgehead atoms. The molecule has 0 radical (unpaired) electrons. The maximum absolute atomic E-state index is 13.9. The monoisotopic (exact) mass is 308 g/mol. The van der Waals surface area contributed by atoms with Crippen LogP contribution in [0.4, 0.5) is 4.39 Å². The van der Waals surface area contributed by atoms with Crippen molar-refractivity contribution in [2.75, 3.05) is 13.7 Å². The van der Waals surface area contributed by atoms with Gasteiger partial charge in [-0.3, -0.25) is 4.98 Å². The first-order valence-corrected chi connectivity index (χ1v) is 7.22. The predicted molar refractivity (Wildman–Crippen MR) is 82.3 cm³/mol. The van der Waals surface area contributed by atoms with E-state index in [2.05, 4.69) is 17.2 Å². The number of aromatic nitrogens is 1. The van der Waals surface area contributed by atoms with E-state index < -0.39 is 5.82 Å². The standard InChI is InChI=1S/C16H18ClFN2O/c1-3-8-19-15(16-12(17)5-4-9-20-16)11-6-7-14(21-2)13(18)10-11/h4-7,9-10,15,19H,3,8H2,1-2H3. The van der Waals surface area contributed by atoms with Gasteiger partial charge in [-0.1, -0.05) is 24.6 Å². The van der Waals surface area contributed by atoms with Gasteiger partial charge in [0.25, 0.3) is 0 Å². The van der Waals surface area contributed by atoms with Gasteiger partial charge in [-0.2, -0.15) is 0 Å². The largest absolute Gasteiger partial charge is 0.494 e. The molecule has 3 nitrogen and oxygen atoms in total. The fraction of sp³-hybridized carbons (Fsp3) is 0.312. The molecule has 2 aromatic rings. The van der Waals surface area contributed by atoms with Gasteiger partial charge in [-0.15, -0.1) is 0 Å². The summed E-state index contributed by atoms with van der Waals surface area (Å²) in [4.78, 5) is 4.33. The Morgan fingerprint density at radius 3 is 2.81 bits per heavy atom. The fourth-order valence-electron chi connectivity index (χ4n) is 2.13. The molecule has 0 spiro atoms. The lowest BCUT2D eigenvalue weighted by Gasteiger charge is -2.20. The summed E-state index contributed by atoms with van der Waals surface area (Å²) in [7, 11) is 1.44. The molecule has 0 amide bonds. The highest BCUT2D eigenvalue weighted by Crippen LogP contribution is 2.29. The summed E-state index contributed by atoms with van der Waals surface area (Å²) in [5.74, 6) is -0.175. The molecule has 21 heavy (non-hydrogen) atoms. The van der Waals surface area contributed by atoms with Gasteiger partial charge in [0.1, 0.15) is 0 Å². The smallest absolute Gasteiger partial charge is 0.165 e. The van der Waals surface area contributed by atoms with Crippen LogP contribution in [0.15, 0.2) is 36.5 Å². The Kier molecular flexibility index (Phi) is 5.53. The van der Waals surface area contributed by atoms with Gasteiger partial charge in [0.15, 0.2) is 11.6 Å². The van der Waals surface area contributed by atoms with E-state index in [0.29, 0.717) is 10.7 Å². The fourth-order valence-corrected chi connectivity index (χ4v) is 2.36. The lowest BCUT2D eigenvalue weighted by molar-refractivity contribution is 0.385. The van der Waals surface area contributed by atoms with Crippen LogP contribution in [0, 0.1) is 5.82 Å².